The third-order valence-corrected chi connectivity index (χ3v) is 4.63. The maximum absolute atomic E-state index is 12.1. The lowest BCUT2D eigenvalue weighted by Crippen LogP contribution is -2.15. The van der Waals surface area contributed by atoms with Crippen molar-refractivity contribution >= 4 is 46.6 Å². The van der Waals surface area contributed by atoms with E-state index in [1.165, 1.54) is 6.26 Å². The first-order chi connectivity index (χ1) is 11.5. The second kappa shape index (κ2) is 7.29. The minimum Gasteiger partial charge on any atom is -0.459 e. The summed E-state index contributed by atoms with van der Waals surface area (Å²) in [5, 5.41) is 11.5. The summed E-state index contributed by atoms with van der Waals surface area (Å²) in [5.41, 5.74) is 1.22. The molecule has 0 aliphatic carbocycles. The largest absolute Gasteiger partial charge is 0.459 e. The molecule has 1 N–H and O–H groups in total. The molecule has 0 saturated carbocycles. The number of nitrogens with one attached hydrogen (secondary N) is 1. The van der Waals surface area contributed by atoms with Gasteiger partial charge in [0.15, 0.2) is 5.76 Å². The molecule has 6 nitrogen and oxygen atoms in total. The molecule has 2 heterocycles. The van der Waals surface area contributed by atoms with Crippen molar-refractivity contribution in [2.24, 2.45) is 0 Å². The van der Waals surface area contributed by atoms with Crippen LogP contribution in [0.5, 0.6) is 0 Å². The fourth-order valence-corrected chi connectivity index (χ4v) is 2.87. The predicted octanol–water partition coefficient (Wildman–Crippen LogP) is 4.68. The number of thioether (sulfide) groups is 1. The van der Waals surface area contributed by atoms with Crippen molar-refractivity contribution in [1.29, 1.82) is 0 Å². The molecule has 24 heavy (non-hydrogen) atoms. The van der Waals surface area contributed by atoms with Gasteiger partial charge in [-0.15, -0.1) is 10.2 Å². The molecular formula is C15H11Cl2N3O3S. The van der Waals surface area contributed by atoms with E-state index in [9.17, 15) is 4.79 Å². The molecule has 1 aromatic carbocycles. The number of hydrogen-bond acceptors (Lipinski definition) is 6. The smallest absolute Gasteiger partial charge is 0.284 e. The molecule has 0 atom stereocenters. The van der Waals surface area contributed by atoms with E-state index < -0.39 is 0 Å². The summed E-state index contributed by atoms with van der Waals surface area (Å²) in [6, 6.07) is 6.88. The van der Waals surface area contributed by atoms with E-state index in [1.54, 1.807) is 24.3 Å². The summed E-state index contributed by atoms with van der Waals surface area (Å²) in [7, 11) is 0. The van der Waals surface area contributed by atoms with Gasteiger partial charge in [0.25, 0.3) is 11.1 Å². The zero-order valence-electron chi connectivity index (χ0n) is 12.4. The standard InChI is InChI=1S/C15H11Cl2N3O3S/c1-8-4-5-9(16)13(12(8)17)18-11(21)7-24-15-20-19-14(23-15)10-3-2-6-22-10/h2-6H,7H2,1H3,(H,18,21). The van der Waals surface area contributed by atoms with Crippen molar-refractivity contribution in [2.45, 2.75) is 12.1 Å². The number of benzene rings is 1. The maximum Gasteiger partial charge on any atom is 0.284 e. The first kappa shape index (κ1) is 16.9. The van der Waals surface area contributed by atoms with Gasteiger partial charge in [-0.1, -0.05) is 41.0 Å². The highest BCUT2D eigenvalue weighted by Gasteiger charge is 2.15. The average molecular weight is 384 g/mol. The molecule has 0 unspecified atom stereocenters. The first-order valence-corrected chi connectivity index (χ1v) is 8.53. The van der Waals surface area contributed by atoms with Crippen LogP contribution in [-0.2, 0) is 4.79 Å². The van der Waals surface area contributed by atoms with Crippen LogP contribution in [0.2, 0.25) is 10.0 Å². The van der Waals surface area contributed by atoms with E-state index in [-0.39, 0.29) is 22.8 Å². The van der Waals surface area contributed by atoms with Crippen LogP contribution in [-0.4, -0.2) is 21.9 Å². The monoisotopic (exact) mass is 383 g/mol. The number of hydrogen-bond donors (Lipinski definition) is 1. The van der Waals surface area contributed by atoms with E-state index in [4.69, 9.17) is 32.0 Å². The minimum absolute atomic E-state index is 0.0698. The Labute approximate surface area is 151 Å². The molecule has 0 saturated heterocycles. The summed E-state index contributed by atoms with van der Waals surface area (Å²) >= 11 is 13.3. The Morgan fingerprint density at radius 1 is 1.29 bits per heavy atom. The summed E-state index contributed by atoms with van der Waals surface area (Å²) < 4.78 is 10.6. The number of halogens is 2. The van der Waals surface area contributed by atoms with Crippen LogP contribution in [0, 0.1) is 6.92 Å². The molecule has 124 valence electrons. The second-order valence-corrected chi connectivity index (χ2v) is 6.45. The molecule has 0 aliphatic rings. The molecule has 3 rings (SSSR count). The Kier molecular flexibility index (Phi) is 5.13. The molecule has 0 spiro atoms. The van der Waals surface area contributed by atoms with Crippen molar-refractivity contribution in [3.05, 3.63) is 46.1 Å². The first-order valence-electron chi connectivity index (χ1n) is 6.79. The van der Waals surface area contributed by atoms with Crippen LogP contribution in [0.15, 0.2) is 44.6 Å². The number of anilines is 1. The second-order valence-electron chi connectivity index (χ2n) is 4.74. The summed E-state index contributed by atoms with van der Waals surface area (Å²) in [6.07, 6.45) is 1.51. The lowest BCUT2D eigenvalue weighted by molar-refractivity contribution is -0.113. The highest BCUT2D eigenvalue weighted by Crippen LogP contribution is 2.33. The Balaban J connectivity index is 1.61. The number of aryl methyl sites for hydroxylation is 1. The Morgan fingerprint density at radius 3 is 2.88 bits per heavy atom. The number of carbonyl (C=O) groups excluding carboxylic acids is 1. The molecule has 1 amide bonds. The van der Waals surface area contributed by atoms with Crippen LogP contribution in [0.25, 0.3) is 11.7 Å². The maximum atomic E-state index is 12.1. The number of carbonyl (C=O) groups is 1. The Bertz CT molecular complexity index is 865. The zero-order chi connectivity index (χ0) is 17.1. The fourth-order valence-electron chi connectivity index (χ4n) is 1.84. The van der Waals surface area contributed by atoms with Crippen molar-refractivity contribution in [1.82, 2.24) is 10.2 Å². The van der Waals surface area contributed by atoms with E-state index in [1.807, 2.05) is 6.92 Å². The highest BCUT2D eigenvalue weighted by atomic mass is 35.5. The van der Waals surface area contributed by atoms with E-state index in [2.05, 4.69) is 15.5 Å². The van der Waals surface area contributed by atoms with Gasteiger partial charge < -0.3 is 14.2 Å². The normalized spacial score (nSPS) is 10.8. The van der Waals surface area contributed by atoms with Crippen molar-refractivity contribution in [3.8, 4) is 11.7 Å². The van der Waals surface area contributed by atoms with Gasteiger partial charge in [-0.25, -0.2) is 0 Å². The Hall–Kier alpha value is -1.96. The van der Waals surface area contributed by atoms with Gasteiger partial charge in [-0.2, -0.15) is 0 Å². The van der Waals surface area contributed by atoms with Crippen LogP contribution in [0.4, 0.5) is 5.69 Å². The van der Waals surface area contributed by atoms with Gasteiger partial charge in [0, 0.05) is 0 Å². The number of amides is 1. The summed E-state index contributed by atoms with van der Waals surface area (Å²) in [6.45, 7) is 1.83. The van der Waals surface area contributed by atoms with Gasteiger partial charge in [0.2, 0.25) is 5.91 Å². The molecule has 3 aromatic rings. The van der Waals surface area contributed by atoms with Crippen molar-refractivity contribution in [3.63, 3.8) is 0 Å². The number of aromatic nitrogens is 2. The molecule has 9 heteroatoms. The quantitative estimate of drug-likeness (QED) is 0.644. The molecular weight excluding hydrogens is 373 g/mol. The number of nitrogens with zero attached hydrogens (tertiary/aromatic N) is 2. The van der Waals surface area contributed by atoms with Gasteiger partial charge in [0.05, 0.1) is 27.7 Å². The lowest BCUT2D eigenvalue weighted by Gasteiger charge is -2.10. The topological polar surface area (TPSA) is 81.2 Å². The highest BCUT2D eigenvalue weighted by molar-refractivity contribution is 7.99. The van der Waals surface area contributed by atoms with Gasteiger partial charge >= 0.3 is 0 Å². The van der Waals surface area contributed by atoms with Crippen LogP contribution in [0.1, 0.15) is 5.56 Å². The zero-order valence-corrected chi connectivity index (χ0v) is 14.7. The molecule has 0 radical (unpaired) electrons. The third-order valence-electron chi connectivity index (χ3n) is 3.01. The van der Waals surface area contributed by atoms with Crippen LogP contribution in [0.3, 0.4) is 0 Å². The van der Waals surface area contributed by atoms with E-state index in [0.717, 1.165) is 17.3 Å². The molecule has 2 aromatic heterocycles. The number of rotatable bonds is 5. The fraction of sp³-hybridized carbons (Fsp3) is 0.133. The summed E-state index contributed by atoms with van der Waals surface area (Å²) in [5.74, 6) is 0.511. The Morgan fingerprint density at radius 2 is 2.12 bits per heavy atom. The molecule has 0 fully saturated rings. The summed E-state index contributed by atoms with van der Waals surface area (Å²) in [4.78, 5) is 12.1. The van der Waals surface area contributed by atoms with Gasteiger partial charge in [-0.05, 0) is 30.7 Å². The van der Waals surface area contributed by atoms with Crippen LogP contribution < -0.4 is 5.32 Å². The van der Waals surface area contributed by atoms with Crippen molar-refractivity contribution in [2.75, 3.05) is 11.1 Å². The predicted molar refractivity (Wildman–Crippen MR) is 92.6 cm³/mol. The minimum atomic E-state index is -0.285. The molecule has 0 bridgehead atoms. The average Bonchev–Trinajstić information content (AvgIpc) is 3.24. The van der Waals surface area contributed by atoms with E-state index in [0.29, 0.717) is 21.5 Å². The molecule has 0 aliphatic heterocycles. The number of furan rings is 1. The van der Waals surface area contributed by atoms with Crippen LogP contribution >= 0.6 is 35.0 Å². The third kappa shape index (κ3) is 3.75. The van der Waals surface area contributed by atoms with Gasteiger partial charge in [0.1, 0.15) is 0 Å². The SMILES string of the molecule is Cc1ccc(Cl)c(NC(=O)CSc2nnc(-c3ccco3)o2)c1Cl. The van der Waals surface area contributed by atoms with Crippen molar-refractivity contribution < 1.29 is 13.6 Å². The lowest BCUT2D eigenvalue weighted by atomic mass is 10.2. The van der Waals surface area contributed by atoms with E-state index >= 15 is 0 Å². The van der Waals surface area contributed by atoms with Gasteiger partial charge in [-0.3, -0.25) is 4.79 Å².